The van der Waals surface area contributed by atoms with Gasteiger partial charge >= 0.3 is 0 Å². The summed E-state index contributed by atoms with van der Waals surface area (Å²) in [7, 11) is 1.62. The average molecular weight is 271 g/mol. The lowest BCUT2D eigenvalue weighted by molar-refractivity contribution is 0.311. The van der Waals surface area contributed by atoms with Gasteiger partial charge < -0.3 is 9.47 Å². The van der Waals surface area contributed by atoms with Gasteiger partial charge in [0.1, 0.15) is 5.82 Å². The molecule has 0 amide bonds. The molecular weight excluding hydrogens is 254 g/mol. The second-order valence-electron chi connectivity index (χ2n) is 3.93. The van der Waals surface area contributed by atoms with Gasteiger partial charge in [-0.3, -0.25) is 5.43 Å². The fraction of sp³-hybridized carbons (Fsp3) is 0.200. The van der Waals surface area contributed by atoms with Gasteiger partial charge in [-0.2, -0.15) is 5.10 Å². The standard InChI is InChI=1S/C15H17N3O2/c1-3-20-13-8-7-12(10-14(13)19-2)11-17-18-15-6-4-5-9-16-15/h4-11H,3H2,1-2H3,(H,16,18)/b17-11+. The molecule has 20 heavy (non-hydrogen) atoms. The van der Waals surface area contributed by atoms with E-state index in [2.05, 4.69) is 15.5 Å². The normalized spacial score (nSPS) is 10.5. The van der Waals surface area contributed by atoms with Crippen molar-refractivity contribution in [2.24, 2.45) is 5.10 Å². The van der Waals surface area contributed by atoms with E-state index < -0.39 is 0 Å². The third-order valence-electron chi connectivity index (χ3n) is 2.55. The van der Waals surface area contributed by atoms with Crippen molar-refractivity contribution < 1.29 is 9.47 Å². The number of aromatic nitrogens is 1. The van der Waals surface area contributed by atoms with Gasteiger partial charge in [-0.05, 0) is 42.8 Å². The fourth-order valence-corrected chi connectivity index (χ4v) is 1.64. The van der Waals surface area contributed by atoms with Gasteiger partial charge in [-0.15, -0.1) is 0 Å². The quantitative estimate of drug-likeness (QED) is 0.648. The van der Waals surface area contributed by atoms with E-state index in [9.17, 15) is 0 Å². The van der Waals surface area contributed by atoms with Crippen LogP contribution >= 0.6 is 0 Å². The smallest absolute Gasteiger partial charge is 0.161 e. The van der Waals surface area contributed by atoms with Crippen LogP contribution in [0.5, 0.6) is 11.5 Å². The summed E-state index contributed by atoms with van der Waals surface area (Å²) in [4.78, 5) is 4.11. The van der Waals surface area contributed by atoms with Crippen molar-refractivity contribution in [2.45, 2.75) is 6.92 Å². The minimum absolute atomic E-state index is 0.602. The van der Waals surface area contributed by atoms with Crippen molar-refractivity contribution >= 4 is 12.0 Å². The highest BCUT2D eigenvalue weighted by atomic mass is 16.5. The highest BCUT2D eigenvalue weighted by Gasteiger charge is 2.03. The van der Waals surface area contributed by atoms with Crippen LogP contribution in [0.3, 0.4) is 0 Å². The third kappa shape index (κ3) is 3.71. The van der Waals surface area contributed by atoms with Crippen molar-refractivity contribution in [3.63, 3.8) is 0 Å². The van der Waals surface area contributed by atoms with Gasteiger partial charge in [-0.1, -0.05) is 6.07 Å². The number of rotatable bonds is 6. The van der Waals surface area contributed by atoms with E-state index in [1.165, 1.54) is 0 Å². The van der Waals surface area contributed by atoms with Crippen molar-refractivity contribution in [2.75, 3.05) is 19.1 Å². The second-order valence-corrected chi connectivity index (χ2v) is 3.93. The zero-order chi connectivity index (χ0) is 14.2. The Morgan fingerprint density at radius 1 is 1.25 bits per heavy atom. The maximum atomic E-state index is 5.46. The number of benzene rings is 1. The molecule has 1 heterocycles. The Kier molecular flexibility index (Phi) is 4.94. The van der Waals surface area contributed by atoms with Gasteiger partial charge in [0, 0.05) is 6.20 Å². The van der Waals surface area contributed by atoms with Crippen LogP contribution in [-0.4, -0.2) is 24.9 Å². The summed E-state index contributed by atoms with van der Waals surface area (Å²) < 4.78 is 10.7. The van der Waals surface area contributed by atoms with Crippen LogP contribution in [0, 0.1) is 0 Å². The van der Waals surface area contributed by atoms with Crippen LogP contribution < -0.4 is 14.9 Å². The summed E-state index contributed by atoms with van der Waals surface area (Å²) in [6.45, 7) is 2.54. The third-order valence-corrected chi connectivity index (χ3v) is 2.55. The highest BCUT2D eigenvalue weighted by molar-refractivity contribution is 5.81. The lowest BCUT2D eigenvalue weighted by atomic mass is 10.2. The number of nitrogens with one attached hydrogen (secondary N) is 1. The van der Waals surface area contributed by atoms with Crippen LogP contribution in [0.2, 0.25) is 0 Å². The average Bonchev–Trinajstić information content (AvgIpc) is 2.50. The van der Waals surface area contributed by atoms with E-state index in [0.717, 1.165) is 11.3 Å². The molecule has 2 rings (SSSR count). The molecule has 0 aliphatic rings. The van der Waals surface area contributed by atoms with E-state index in [0.29, 0.717) is 18.2 Å². The van der Waals surface area contributed by atoms with Crippen LogP contribution in [0.25, 0.3) is 0 Å². The first-order valence-corrected chi connectivity index (χ1v) is 6.34. The molecule has 0 saturated carbocycles. The molecular formula is C15H17N3O2. The molecule has 1 N–H and O–H groups in total. The predicted octanol–water partition coefficient (Wildman–Crippen LogP) is 2.93. The lowest BCUT2D eigenvalue weighted by Gasteiger charge is -2.09. The number of ether oxygens (including phenoxy) is 2. The predicted molar refractivity (Wildman–Crippen MR) is 79.6 cm³/mol. The topological polar surface area (TPSA) is 55.7 Å². The van der Waals surface area contributed by atoms with Gasteiger partial charge in [-0.25, -0.2) is 4.98 Å². The number of hydrogen-bond acceptors (Lipinski definition) is 5. The zero-order valence-corrected chi connectivity index (χ0v) is 11.5. The maximum Gasteiger partial charge on any atom is 0.161 e. The Morgan fingerprint density at radius 3 is 2.85 bits per heavy atom. The number of hydrogen-bond donors (Lipinski definition) is 1. The molecule has 0 atom stereocenters. The summed E-state index contributed by atoms with van der Waals surface area (Å²) in [6, 6.07) is 11.2. The van der Waals surface area contributed by atoms with Gasteiger partial charge in [0.25, 0.3) is 0 Å². The van der Waals surface area contributed by atoms with Crippen molar-refractivity contribution in [1.29, 1.82) is 0 Å². The van der Waals surface area contributed by atoms with Gasteiger partial charge in [0.2, 0.25) is 0 Å². The summed E-state index contributed by atoms with van der Waals surface area (Å²) in [5.41, 5.74) is 3.77. The number of nitrogens with zero attached hydrogens (tertiary/aromatic N) is 2. The van der Waals surface area contributed by atoms with E-state index in [4.69, 9.17) is 9.47 Å². The van der Waals surface area contributed by atoms with Crippen LogP contribution in [0.1, 0.15) is 12.5 Å². The molecule has 0 fully saturated rings. The van der Waals surface area contributed by atoms with Crippen LogP contribution in [0.15, 0.2) is 47.7 Å². The molecule has 0 aliphatic carbocycles. The van der Waals surface area contributed by atoms with E-state index in [-0.39, 0.29) is 0 Å². The molecule has 104 valence electrons. The molecule has 0 saturated heterocycles. The molecule has 5 heteroatoms. The molecule has 0 spiro atoms. The van der Waals surface area contributed by atoms with E-state index in [1.54, 1.807) is 19.5 Å². The summed E-state index contributed by atoms with van der Waals surface area (Å²) in [6.07, 6.45) is 3.41. The first kappa shape index (κ1) is 13.9. The summed E-state index contributed by atoms with van der Waals surface area (Å²) in [5, 5.41) is 4.13. The monoisotopic (exact) mass is 271 g/mol. The van der Waals surface area contributed by atoms with Crippen LogP contribution in [-0.2, 0) is 0 Å². The SMILES string of the molecule is CCOc1ccc(/C=N/Nc2ccccn2)cc1OC. The minimum Gasteiger partial charge on any atom is -0.493 e. The Hall–Kier alpha value is -2.56. The van der Waals surface area contributed by atoms with Crippen molar-refractivity contribution in [1.82, 2.24) is 4.98 Å². The van der Waals surface area contributed by atoms with E-state index in [1.807, 2.05) is 43.3 Å². The molecule has 1 aromatic carbocycles. The first-order valence-electron chi connectivity index (χ1n) is 6.34. The molecule has 0 radical (unpaired) electrons. The molecule has 0 unspecified atom stereocenters. The Balaban J connectivity index is 2.06. The summed E-state index contributed by atoms with van der Waals surface area (Å²) in [5.74, 6) is 2.11. The molecule has 0 aliphatic heterocycles. The minimum atomic E-state index is 0.602. The lowest BCUT2D eigenvalue weighted by Crippen LogP contribution is -1.97. The molecule has 5 nitrogen and oxygen atoms in total. The molecule has 1 aromatic heterocycles. The summed E-state index contributed by atoms with van der Waals surface area (Å²) >= 11 is 0. The van der Waals surface area contributed by atoms with E-state index >= 15 is 0 Å². The zero-order valence-electron chi connectivity index (χ0n) is 11.5. The second kappa shape index (κ2) is 7.13. The van der Waals surface area contributed by atoms with Crippen molar-refractivity contribution in [3.8, 4) is 11.5 Å². The molecule has 0 bridgehead atoms. The fourth-order valence-electron chi connectivity index (χ4n) is 1.64. The first-order chi connectivity index (χ1) is 9.83. The number of methoxy groups -OCH3 is 1. The van der Waals surface area contributed by atoms with Gasteiger partial charge in [0.15, 0.2) is 11.5 Å². The Labute approximate surface area is 118 Å². The number of anilines is 1. The highest BCUT2D eigenvalue weighted by Crippen LogP contribution is 2.27. The Morgan fingerprint density at radius 2 is 2.15 bits per heavy atom. The maximum absolute atomic E-state index is 5.46. The van der Waals surface area contributed by atoms with Crippen molar-refractivity contribution in [3.05, 3.63) is 48.2 Å². The van der Waals surface area contributed by atoms with Gasteiger partial charge in [0.05, 0.1) is 19.9 Å². The Bertz CT molecular complexity index is 571. The largest absolute Gasteiger partial charge is 0.493 e. The number of pyridine rings is 1. The molecule has 2 aromatic rings. The van der Waals surface area contributed by atoms with Crippen LogP contribution in [0.4, 0.5) is 5.82 Å². The number of hydrazone groups is 1.